The minimum atomic E-state index is -0.859. The van der Waals surface area contributed by atoms with Crippen LogP contribution in [0.25, 0.3) is 0 Å². The van der Waals surface area contributed by atoms with Gasteiger partial charge in [-0.1, -0.05) is 42.5 Å². The van der Waals surface area contributed by atoms with E-state index in [1.807, 2.05) is 18.2 Å². The highest BCUT2D eigenvalue weighted by atomic mass is 16.3. The first kappa shape index (κ1) is 22.4. The fraction of sp³-hybridized carbons (Fsp3) is 0.464. The van der Waals surface area contributed by atoms with Crippen LogP contribution in [0, 0.1) is 5.41 Å². The van der Waals surface area contributed by atoms with Crippen molar-refractivity contribution in [1.82, 2.24) is 15.1 Å². The SMILES string of the molecule is O=C1CCC(N2Cc3cc(C4(O)CC5(CCN(Cc6ccccc6)CC5)C4)ccc3C2=O)C(=O)N1. The molecule has 0 bridgehead atoms. The molecule has 1 atom stereocenters. The minimum absolute atomic E-state index is 0.177. The Morgan fingerprint density at radius 2 is 1.74 bits per heavy atom. The smallest absolute Gasteiger partial charge is 0.255 e. The van der Waals surface area contributed by atoms with Gasteiger partial charge in [-0.3, -0.25) is 24.6 Å². The Kier molecular flexibility index (Phi) is 5.31. The summed E-state index contributed by atoms with van der Waals surface area (Å²) in [7, 11) is 0. The molecule has 2 aromatic rings. The summed E-state index contributed by atoms with van der Waals surface area (Å²) in [6.07, 6.45) is 4.28. The van der Waals surface area contributed by atoms with Gasteiger partial charge in [0.25, 0.3) is 5.91 Å². The maximum Gasteiger partial charge on any atom is 0.255 e. The van der Waals surface area contributed by atoms with Gasteiger partial charge in [-0.15, -0.1) is 0 Å². The van der Waals surface area contributed by atoms with E-state index >= 15 is 0 Å². The van der Waals surface area contributed by atoms with Gasteiger partial charge in [0.1, 0.15) is 6.04 Å². The molecule has 1 saturated carbocycles. The van der Waals surface area contributed by atoms with Gasteiger partial charge < -0.3 is 10.0 Å². The van der Waals surface area contributed by atoms with Crippen LogP contribution >= 0.6 is 0 Å². The highest BCUT2D eigenvalue weighted by Crippen LogP contribution is 2.59. The summed E-state index contributed by atoms with van der Waals surface area (Å²) in [6, 6.07) is 15.6. The van der Waals surface area contributed by atoms with Gasteiger partial charge in [-0.05, 0) is 73.4 Å². The molecule has 3 amide bonds. The van der Waals surface area contributed by atoms with Gasteiger partial charge in [0.2, 0.25) is 11.8 Å². The van der Waals surface area contributed by atoms with Gasteiger partial charge in [-0.2, -0.15) is 0 Å². The zero-order valence-corrected chi connectivity index (χ0v) is 19.8. The number of fused-ring (bicyclic) bond motifs is 1. The van der Waals surface area contributed by atoms with Crippen molar-refractivity contribution in [2.75, 3.05) is 13.1 Å². The number of benzene rings is 2. The second-order valence-electron chi connectivity index (χ2n) is 10.9. The quantitative estimate of drug-likeness (QED) is 0.667. The Balaban J connectivity index is 1.10. The van der Waals surface area contributed by atoms with Crippen molar-refractivity contribution in [3.63, 3.8) is 0 Å². The number of likely N-dealkylation sites (tertiary alicyclic amines) is 1. The minimum Gasteiger partial charge on any atom is -0.385 e. The van der Waals surface area contributed by atoms with E-state index in [2.05, 4.69) is 34.5 Å². The third kappa shape index (κ3) is 3.96. The first-order valence-electron chi connectivity index (χ1n) is 12.6. The highest BCUT2D eigenvalue weighted by Gasteiger charge is 2.55. The fourth-order valence-corrected chi connectivity index (χ4v) is 6.64. The lowest BCUT2D eigenvalue weighted by Gasteiger charge is -2.57. The number of nitrogens with one attached hydrogen (secondary N) is 1. The van der Waals surface area contributed by atoms with Crippen molar-refractivity contribution in [1.29, 1.82) is 0 Å². The number of hydrogen-bond donors (Lipinski definition) is 2. The molecule has 2 saturated heterocycles. The number of carbonyl (C=O) groups is 3. The molecular weight excluding hydrogens is 442 g/mol. The molecule has 0 radical (unpaired) electrons. The summed E-state index contributed by atoms with van der Waals surface area (Å²) in [5.74, 6) is -0.866. The summed E-state index contributed by atoms with van der Waals surface area (Å²) in [5.41, 5.74) is 2.98. The molecule has 2 N–H and O–H groups in total. The lowest BCUT2D eigenvalue weighted by atomic mass is 9.53. The monoisotopic (exact) mass is 473 g/mol. The van der Waals surface area contributed by atoms with Crippen LogP contribution in [0.1, 0.15) is 65.6 Å². The van der Waals surface area contributed by atoms with Crippen LogP contribution in [-0.4, -0.2) is 51.8 Å². The molecule has 0 aromatic heterocycles. The molecule has 2 aromatic carbocycles. The van der Waals surface area contributed by atoms with E-state index in [9.17, 15) is 19.5 Å². The lowest BCUT2D eigenvalue weighted by Crippen LogP contribution is -2.54. The molecule has 35 heavy (non-hydrogen) atoms. The van der Waals surface area contributed by atoms with E-state index in [0.717, 1.165) is 56.4 Å². The molecule has 182 valence electrons. The van der Waals surface area contributed by atoms with E-state index in [4.69, 9.17) is 0 Å². The third-order valence-corrected chi connectivity index (χ3v) is 8.56. The summed E-state index contributed by atoms with van der Waals surface area (Å²) in [5, 5.41) is 13.8. The lowest BCUT2D eigenvalue weighted by molar-refractivity contribution is -0.156. The first-order chi connectivity index (χ1) is 16.8. The van der Waals surface area contributed by atoms with Crippen LogP contribution in [0.4, 0.5) is 0 Å². The summed E-state index contributed by atoms with van der Waals surface area (Å²) < 4.78 is 0. The van der Waals surface area contributed by atoms with Crippen molar-refractivity contribution in [2.24, 2.45) is 5.41 Å². The van der Waals surface area contributed by atoms with E-state index in [1.54, 1.807) is 11.0 Å². The van der Waals surface area contributed by atoms with Crippen molar-refractivity contribution in [3.8, 4) is 0 Å². The number of hydrogen-bond acceptors (Lipinski definition) is 5. The first-order valence-corrected chi connectivity index (χ1v) is 12.6. The van der Waals surface area contributed by atoms with Crippen LogP contribution in [0.15, 0.2) is 48.5 Å². The van der Waals surface area contributed by atoms with Gasteiger partial charge in [0.05, 0.1) is 5.60 Å². The predicted octanol–water partition coefficient (Wildman–Crippen LogP) is 2.71. The molecule has 6 rings (SSSR count). The highest BCUT2D eigenvalue weighted by molar-refractivity contribution is 6.05. The number of carbonyl (C=O) groups excluding carboxylic acids is 3. The Labute approximate surface area is 205 Å². The number of amides is 3. The maximum absolute atomic E-state index is 13.0. The number of piperidine rings is 2. The zero-order chi connectivity index (χ0) is 24.2. The second kappa shape index (κ2) is 8.28. The Hall–Kier alpha value is -3.03. The van der Waals surface area contributed by atoms with E-state index in [0.29, 0.717) is 18.5 Å². The number of aliphatic hydroxyl groups is 1. The topological polar surface area (TPSA) is 90.0 Å². The molecule has 7 nitrogen and oxygen atoms in total. The van der Waals surface area contributed by atoms with Gasteiger partial charge in [0.15, 0.2) is 0 Å². The molecule has 7 heteroatoms. The molecule has 3 heterocycles. The van der Waals surface area contributed by atoms with E-state index in [1.165, 1.54) is 5.56 Å². The molecule has 3 aliphatic heterocycles. The van der Waals surface area contributed by atoms with Crippen LogP contribution in [-0.2, 0) is 28.3 Å². The Morgan fingerprint density at radius 3 is 2.46 bits per heavy atom. The van der Waals surface area contributed by atoms with Crippen LogP contribution in [0.3, 0.4) is 0 Å². The van der Waals surface area contributed by atoms with Crippen LogP contribution < -0.4 is 5.32 Å². The van der Waals surface area contributed by atoms with Gasteiger partial charge in [0, 0.05) is 25.1 Å². The molecule has 1 unspecified atom stereocenters. The van der Waals surface area contributed by atoms with Crippen molar-refractivity contribution >= 4 is 17.7 Å². The molecular formula is C28H31N3O4. The molecule has 1 spiro atoms. The zero-order valence-electron chi connectivity index (χ0n) is 19.8. The maximum atomic E-state index is 13.0. The average molecular weight is 474 g/mol. The van der Waals surface area contributed by atoms with Gasteiger partial charge in [-0.25, -0.2) is 0 Å². The standard InChI is InChI=1S/C28H31N3O4/c32-24-9-8-23(25(33)29-24)31-16-20-14-21(6-7-22(20)26(31)34)28(35)17-27(18-28)10-12-30(13-11-27)15-19-4-2-1-3-5-19/h1-7,14,23,35H,8-13,15-18H2,(H,29,32,33). The van der Waals surface area contributed by atoms with Crippen LogP contribution in [0.2, 0.25) is 0 Å². The summed E-state index contributed by atoms with van der Waals surface area (Å²) in [4.78, 5) is 40.8. The van der Waals surface area contributed by atoms with Crippen LogP contribution in [0.5, 0.6) is 0 Å². The molecule has 3 fully saturated rings. The predicted molar refractivity (Wildman–Crippen MR) is 129 cm³/mol. The Morgan fingerprint density at radius 1 is 1.00 bits per heavy atom. The number of imide groups is 1. The van der Waals surface area contributed by atoms with Crippen molar-refractivity contribution in [2.45, 2.75) is 63.3 Å². The average Bonchev–Trinajstić information content (AvgIpc) is 3.16. The van der Waals surface area contributed by atoms with Gasteiger partial charge >= 0.3 is 0 Å². The van der Waals surface area contributed by atoms with Crippen molar-refractivity contribution in [3.05, 3.63) is 70.8 Å². The van der Waals surface area contributed by atoms with E-state index in [-0.39, 0.29) is 23.7 Å². The number of nitrogens with zero attached hydrogens (tertiary/aromatic N) is 2. The normalized spacial score (nSPS) is 25.3. The molecule has 1 aliphatic carbocycles. The fourth-order valence-electron chi connectivity index (χ4n) is 6.64. The van der Waals surface area contributed by atoms with Crippen molar-refractivity contribution < 1.29 is 19.5 Å². The summed E-state index contributed by atoms with van der Waals surface area (Å²) in [6.45, 7) is 3.41. The largest absolute Gasteiger partial charge is 0.385 e. The molecule has 4 aliphatic rings. The van der Waals surface area contributed by atoms with E-state index < -0.39 is 17.6 Å². The second-order valence-corrected chi connectivity index (χ2v) is 10.9. The Bertz CT molecular complexity index is 1180. The third-order valence-electron chi connectivity index (χ3n) is 8.56. The summed E-state index contributed by atoms with van der Waals surface area (Å²) >= 11 is 0. The number of rotatable bonds is 4.